The fourth-order valence-corrected chi connectivity index (χ4v) is 14.7. The van der Waals surface area contributed by atoms with Gasteiger partial charge in [-0.05, 0) is 112 Å². The number of nitrogens with zero attached hydrogens (tertiary/aromatic N) is 4. The molecule has 0 atom stereocenters. The van der Waals surface area contributed by atoms with Crippen LogP contribution in [0.2, 0.25) is 0 Å². The smallest absolute Gasteiger partial charge is 0.252 e. The van der Waals surface area contributed by atoms with Crippen LogP contribution in [0.1, 0.15) is 11.1 Å². The van der Waals surface area contributed by atoms with Crippen molar-refractivity contribution in [3.05, 3.63) is 308 Å². The summed E-state index contributed by atoms with van der Waals surface area (Å²) in [6.07, 6.45) is 0. The average Bonchev–Trinajstić information content (AvgIpc) is 2.60. The van der Waals surface area contributed by atoms with Gasteiger partial charge in [-0.15, -0.1) is 0 Å². The van der Waals surface area contributed by atoms with E-state index in [1.165, 1.54) is 82.5 Å². The second-order valence-corrected chi connectivity index (χ2v) is 22.7. The zero-order valence-electron chi connectivity index (χ0n) is 47.2. The molecule has 0 aliphatic carbocycles. The molecule has 2 aliphatic rings. The van der Waals surface area contributed by atoms with E-state index in [1.54, 1.807) is 0 Å². The Balaban J connectivity index is 1.04. The lowest BCUT2D eigenvalue weighted by molar-refractivity contribution is 1.13. The molecular weight excluding hydrogens is 1030 g/mol. The first-order valence-electron chi connectivity index (χ1n) is 29.6. The summed E-state index contributed by atoms with van der Waals surface area (Å²) < 4.78 is 5.02. The zero-order chi connectivity index (χ0) is 56.3. The molecule has 0 radical (unpaired) electrons. The van der Waals surface area contributed by atoms with Crippen molar-refractivity contribution < 1.29 is 0 Å². The number of benzene rings is 13. The molecule has 0 fully saturated rings. The van der Waals surface area contributed by atoms with E-state index in [0.717, 1.165) is 78.6 Å². The Morgan fingerprint density at radius 1 is 0.235 bits per heavy atom. The molecule has 0 bridgehead atoms. The predicted molar refractivity (Wildman–Crippen MR) is 360 cm³/mol. The highest BCUT2D eigenvalue weighted by Gasteiger charge is 2.46. The minimum absolute atomic E-state index is 0.173. The Hall–Kier alpha value is -10.9. The van der Waals surface area contributed by atoms with Crippen molar-refractivity contribution in [2.24, 2.45) is 0 Å². The van der Waals surface area contributed by atoms with Gasteiger partial charge in [-0.1, -0.05) is 249 Å². The van der Waals surface area contributed by atoms with Crippen molar-refractivity contribution in [1.82, 2.24) is 9.13 Å². The van der Waals surface area contributed by atoms with E-state index >= 15 is 0 Å². The molecule has 0 unspecified atom stereocenters. The molecule has 2 aromatic heterocycles. The summed E-state index contributed by atoms with van der Waals surface area (Å²) in [6, 6.07) is 110. The topological polar surface area (TPSA) is 16.3 Å². The molecule has 0 saturated carbocycles. The Kier molecular flexibility index (Phi) is 11.1. The van der Waals surface area contributed by atoms with Gasteiger partial charge < -0.3 is 18.9 Å². The van der Waals surface area contributed by atoms with Gasteiger partial charge in [0.05, 0.1) is 44.8 Å². The van der Waals surface area contributed by atoms with Crippen molar-refractivity contribution >= 4 is 101 Å². The highest BCUT2D eigenvalue weighted by Crippen LogP contribution is 2.54. The highest BCUT2D eigenvalue weighted by molar-refractivity contribution is 7.00. The Morgan fingerprint density at radius 2 is 0.518 bits per heavy atom. The van der Waals surface area contributed by atoms with Gasteiger partial charge in [-0.25, -0.2) is 0 Å². The standard InChI is InChI=1S/C80H55BN4/c1-52-68(82-70-42-19-15-34-62(70)63-35-16-20-43-71(63)82)50-48-66-77(52)84(79-58(54-26-7-3-8-27-54)38-23-39-59(79)55-28-9-4-10-29-55)74-46-25-47-75-76(74)81(66)67-49-51-69(83-72-44-21-17-36-64(72)65-37-18-22-45-73(65)83)53(2)78(67)85(75)80-60(56-30-11-5-12-31-56)40-24-41-61(80)57-32-13-6-14-33-57/h3-51H,1-2H3. The quantitative estimate of drug-likeness (QED) is 0.141. The van der Waals surface area contributed by atoms with E-state index in [0.29, 0.717) is 0 Å². The van der Waals surface area contributed by atoms with Gasteiger partial charge in [0.1, 0.15) is 0 Å². The van der Waals surface area contributed by atoms with Crippen molar-refractivity contribution in [1.29, 1.82) is 0 Å². The van der Waals surface area contributed by atoms with Crippen LogP contribution in [-0.2, 0) is 0 Å². The van der Waals surface area contributed by atoms with Crippen LogP contribution in [0.5, 0.6) is 0 Å². The highest BCUT2D eigenvalue weighted by atomic mass is 15.2. The van der Waals surface area contributed by atoms with E-state index < -0.39 is 0 Å². The van der Waals surface area contributed by atoms with Crippen molar-refractivity contribution in [3.8, 4) is 55.9 Å². The fraction of sp³-hybridized carbons (Fsp3) is 0.0250. The van der Waals surface area contributed by atoms with Crippen molar-refractivity contribution in [3.63, 3.8) is 0 Å². The molecule has 2 aliphatic heterocycles. The molecule has 4 nitrogen and oxygen atoms in total. The second-order valence-electron chi connectivity index (χ2n) is 22.7. The molecule has 13 aromatic carbocycles. The summed E-state index contributed by atoms with van der Waals surface area (Å²) in [5, 5.41) is 4.96. The third-order valence-electron chi connectivity index (χ3n) is 18.3. The average molecular weight is 1080 g/mol. The maximum absolute atomic E-state index is 2.67. The Labute approximate surface area is 495 Å². The fourth-order valence-electron chi connectivity index (χ4n) is 14.7. The van der Waals surface area contributed by atoms with Gasteiger partial charge in [0.25, 0.3) is 6.71 Å². The number of aromatic nitrogens is 2. The van der Waals surface area contributed by atoms with E-state index in [4.69, 9.17) is 0 Å². The Bertz CT molecular complexity index is 4620. The summed E-state index contributed by atoms with van der Waals surface area (Å²) in [5.41, 5.74) is 29.4. The van der Waals surface area contributed by atoms with Crippen LogP contribution in [0.4, 0.5) is 34.1 Å². The number of anilines is 6. The van der Waals surface area contributed by atoms with Gasteiger partial charge in [-0.2, -0.15) is 0 Å². The largest absolute Gasteiger partial charge is 0.310 e. The SMILES string of the molecule is Cc1c(-n2c3ccccc3c3ccccc32)ccc2c1N(c1c(-c3ccccc3)cccc1-c1ccccc1)c1cccc3c1B2c1ccc(-n2c4ccccc4c4ccccc42)c(C)c1N3c1c(-c2ccccc2)cccc1-c1ccccc1. The second kappa shape index (κ2) is 19.4. The third-order valence-corrected chi connectivity index (χ3v) is 18.3. The van der Waals surface area contributed by atoms with Crippen molar-refractivity contribution in [2.75, 3.05) is 9.80 Å². The molecule has 0 spiro atoms. The van der Waals surface area contributed by atoms with Gasteiger partial charge >= 0.3 is 0 Å². The molecule has 0 N–H and O–H groups in total. The summed E-state index contributed by atoms with van der Waals surface area (Å²) in [5.74, 6) is 0. The molecule has 0 amide bonds. The van der Waals surface area contributed by atoms with E-state index in [1.807, 2.05) is 0 Å². The van der Waals surface area contributed by atoms with Crippen LogP contribution in [0.25, 0.3) is 99.5 Å². The molecule has 85 heavy (non-hydrogen) atoms. The summed E-state index contributed by atoms with van der Waals surface area (Å²) in [6.45, 7) is 4.58. The van der Waals surface area contributed by atoms with Crippen LogP contribution in [-0.4, -0.2) is 15.8 Å². The lowest BCUT2D eigenvalue weighted by Gasteiger charge is -2.46. The first-order chi connectivity index (χ1) is 42.1. The molecular formula is C80H55BN4. The first kappa shape index (κ1) is 48.8. The minimum atomic E-state index is -0.173. The van der Waals surface area contributed by atoms with Crippen LogP contribution < -0.4 is 26.2 Å². The molecule has 15 aromatic rings. The number of para-hydroxylation sites is 6. The first-order valence-corrected chi connectivity index (χ1v) is 29.6. The number of hydrogen-bond acceptors (Lipinski definition) is 2. The molecule has 398 valence electrons. The maximum atomic E-state index is 2.67. The predicted octanol–water partition coefficient (Wildman–Crippen LogP) is 19.2. The zero-order valence-corrected chi connectivity index (χ0v) is 47.2. The summed E-state index contributed by atoms with van der Waals surface area (Å²) in [7, 11) is 0. The molecule has 0 saturated heterocycles. The number of hydrogen-bond donors (Lipinski definition) is 0. The summed E-state index contributed by atoms with van der Waals surface area (Å²) in [4.78, 5) is 5.34. The van der Waals surface area contributed by atoms with Crippen LogP contribution in [0.3, 0.4) is 0 Å². The van der Waals surface area contributed by atoms with E-state index in [9.17, 15) is 0 Å². The van der Waals surface area contributed by atoms with E-state index in [2.05, 4.69) is 330 Å². The third kappa shape index (κ3) is 7.30. The van der Waals surface area contributed by atoms with Crippen LogP contribution in [0.15, 0.2) is 297 Å². The van der Waals surface area contributed by atoms with Gasteiger partial charge in [0.15, 0.2) is 0 Å². The monoisotopic (exact) mass is 1080 g/mol. The lowest BCUT2D eigenvalue weighted by Crippen LogP contribution is -2.62. The van der Waals surface area contributed by atoms with Crippen LogP contribution in [0, 0.1) is 13.8 Å². The van der Waals surface area contributed by atoms with Gasteiger partial charge in [0, 0.05) is 66.5 Å². The maximum Gasteiger partial charge on any atom is 0.252 e. The molecule has 5 heteroatoms. The Morgan fingerprint density at radius 3 is 0.835 bits per heavy atom. The summed E-state index contributed by atoms with van der Waals surface area (Å²) >= 11 is 0. The van der Waals surface area contributed by atoms with Gasteiger partial charge in [0.2, 0.25) is 0 Å². The normalized spacial score (nSPS) is 12.5. The number of fused-ring (bicyclic) bond motifs is 10. The molecule has 17 rings (SSSR count). The van der Waals surface area contributed by atoms with Crippen molar-refractivity contribution in [2.45, 2.75) is 13.8 Å². The van der Waals surface area contributed by atoms with Gasteiger partial charge in [-0.3, -0.25) is 0 Å². The van der Waals surface area contributed by atoms with Crippen LogP contribution >= 0.6 is 0 Å². The molecule has 4 heterocycles. The number of rotatable bonds is 8. The lowest BCUT2D eigenvalue weighted by atomic mass is 9.33. The van der Waals surface area contributed by atoms with E-state index in [-0.39, 0.29) is 6.71 Å². The minimum Gasteiger partial charge on any atom is -0.310 e.